The molecule has 0 radical (unpaired) electrons. The van der Waals surface area contributed by atoms with Crippen molar-refractivity contribution in [3.63, 3.8) is 0 Å². The van der Waals surface area contributed by atoms with Gasteiger partial charge in [-0.25, -0.2) is 0 Å². The molecule has 8 heteroatoms. The van der Waals surface area contributed by atoms with E-state index in [-0.39, 0.29) is 41.5 Å². The Balaban J connectivity index is 2.37. The molecule has 2 rings (SSSR count). The fraction of sp³-hybridized carbons (Fsp3) is 0.481. The van der Waals surface area contributed by atoms with Crippen molar-refractivity contribution in [3.05, 3.63) is 34.4 Å². The van der Waals surface area contributed by atoms with Crippen molar-refractivity contribution in [1.29, 1.82) is 0 Å². The van der Waals surface area contributed by atoms with Gasteiger partial charge in [0.2, 0.25) is 11.5 Å². The van der Waals surface area contributed by atoms with E-state index in [1.165, 1.54) is 12.1 Å². The largest absolute Gasteiger partial charge is 0.504 e. The summed E-state index contributed by atoms with van der Waals surface area (Å²) in [6.45, 7) is 4.08. The Morgan fingerprint density at radius 2 is 0.914 bits per heavy atom. The smallest absolute Gasteiger partial charge is 0.201 e. The van der Waals surface area contributed by atoms with Crippen LogP contribution < -0.4 is 0 Å². The number of phenols is 6. The van der Waals surface area contributed by atoms with E-state index >= 15 is 0 Å². The maximum absolute atomic E-state index is 12.6. The van der Waals surface area contributed by atoms with Crippen molar-refractivity contribution in [1.82, 2.24) is 0 Å². The van der Waals surface area contributed by atoms with Crippen molar-refractivity contribution in [2.24, 2.45) is 0 Å². The fourth-order valence-electron chi connectivity index (χ4n) is 4.00. The van der Waals surface area contributed by atoms with Gasteiger partial charge in [-0.15, -0.1) is 0 Å². The monoisotopic (exact) mass is 488 g/mol. The van der Waals surface area contributed by atoms with Crippen molar-refractivity contribution in [3.8, 4) is 34.5 Å². The van der Waals surface area contributed by atoms with Crippen LogP contribution in [0.1, 0.15) is 110 Å². The van der Waals surface area contributed by atoms with Crippen LogP contribution in [0.15, 0.2) is 12.1 Å². The highest BCUT2D eigenvalue weighted by Gasteiger charge is 2.25. The lowest BCUT2D eigenvalue weighted by Gasteiger charge is -2.15. The van der Waals surface area contributed by atoms with Gasteiger partial charge in [0, 0.05) is 30.4 Å². The summed E-state index contributed by atoms with van der Waals surface area (Å²) in [6.07, 6.45) is 6.85. The third-order valence-corrected chi connectivity index (χ3v) is 6.15. The van der Waals surface area contributed by atoms with E-state index in [0.29, 0.717) is 12.8 Å². The highest BCUT2D eigenvalue weighted by molar-refractivity contribution is 6.01. The molecule has 0 unspecified atom stereocenters. The van der Waals surface area contributed by atoms with Gasteiger partial charge in [-0.3, -0.25) is 9.59 Å². The molecule has 0 aromatic heterocycles. The molecule has 0 fully saturated rings. The minimum atomic E-state index is -0.867. The van der Waals surface area contributed by atoms with Crippen molar-refractivity contribution >= 4 is 11.6 Å². The molecule has 6 N–H and O–H groups in total. The number of ketones is 2. The van der Waals surface area contributed by atoms with Crippen LogP contribution in [0.3, 0.4) is 0 Å². The fourth-order valence-corrected chi connectivity index (χ4v) is 4.00. The molecule has 8 nitrogen and oxygen atoms in total. The van der Waals surface area contributed by atoms with Gasteiger partial charge < -0.3 is 30.6 Å². The molecule has 0 amide bonds. The Kier molecular flexibility index (Phi) is 10.2. The molecule has 0 aliphatic carbocycles. The summed E-state index contributed by atoms with van der Waals surface area (Å²) in [5, 5.41) is 61.6. The van der Waals surface area contributed by atoms with Gasteiger partial charge in [0.1, 0.15) is 0 Å². The van der Waals surface area contributed by atoms with Gasteiger partial charge in [-0.1, -0.05) is 52.4 Å². The molecule has 2 aromatic carbocycles. The summed E-state index contributed by atoms with van der Waals surface area (Å²) in [5.74, 6) is -5.39. The number of unbranched alkanes of at least 4 members (excludes halogenated alkanes) is 6. The minimum absolute atomic E-state index is 0.000979. The van der Waals surface area contributed by atoms with Crippen LogP contribution in [-0.2, 0) is 6.42 Å². The number of carbonyl (C=O) groups excluding carboxylic acids is 2. The number of hydrogen-bond acceptors (Lipinski definition) is 8. The predicted octanol–water partition coefficient (Wildman–Crippen LogP) is 5.82. The second-order valence-corrected chi connectivity index (χ2v) is 8.90. The van der Waals surface area contributed by atoms with Crippen LogP contribution in [-0.4, -0.2) is 42.2 Å². The second-order valence-electron chi connectivity index (χ2n) is 8.90. The first kappa shape index (κ1) is 27.8. The van der Waals surface area contributed by atoms with Crippen LogP contribution in [0.5, 0.6) is 34.5 Å². The number of Topliss-reactive ketones (excluding diaryl/α,β-unsaturated/α-hetero) is 2. The third kappa shape index (κ3) is 6.81. The maximum atomic E-state index is 12.6. The molecule has 0 spiro atoms. The Morgan fingerprint density at radius 1 is 0.543 bits per heavy atom. The average molecular weight is 489 g/mol. The Bertz CT molecular complexity index is 975. The lowest BCUT2D eigenvalue weighted by Crippen LogP contribution is -2.04. The van der Waals surface area contributed by atoms with Crippen molar-refractivity contribution in [2.75, 3.05) is 0 Å². The number of hydrogen-bond donors (Lipinski definition) is 6. The highest BCUT2D eigenvalue weighted by Crippen LogP contribution is 2.45. The molecule has 2 aromatic rings. The average Bonchev–Trinajstić information content (AvgIpc) is 2.84. The van der Waals surface area contributed by atoms with E-state index in [2.05, 4.69) is 0 Å². The van der Waals surface area contributed by atoms with Crippen LogP contribution >= 0.6 is 0 Å². The molecule has 0 bridgehead atoms. The van der Waals surface area contributed by atoms with E-state index < -0.39 is 46.1 Å². The van der Waals surface area contributed by atoms with Crippen LogP contribution in [0.2, 0.25) is 0 Å². The SMILES string of the molecule is CCCCCCC(=O)c1cc(Cc2cc(C(=O)CCCCCC)c(O)c(O)c2O)c(O)c(O)c1O. The van der Waals surface area contributed by atoms with Crippen LogP contribution in [0.25, 0.3) is 0 Å². The summed E-state index contributed by atoms with van der Waals surface area (Å²) < 4.78 is 0. The van der Waals surface area contributed by atoms with Gasteiger partial charge in [-0.05, 0) is 25.0 Å². The van der Waals surface area contributed by atoms with E-state index in [0.717, 1.165) is 38.5 Å². The molecular weight excluding hydrogens is 452 g/mol. The first-order valence-corrected chi connectivity index (χ1v) is 12.2. The van der Waals surface area contributed by atoms with E-state index in [1.54, 1.807) is 0 Å². The summed E-state index contributed by atoms with van der Waals surface area (Å²) in [6, 6.07) is 2.45. The summed E-state index contributed by atoms with van der Waals surface area (Å²) in [4.78, 5) is 25.3. The number of phenolic OH excluding ortho intramolecular Hbond substituents is 6. The first-order valence-electron chi connectivity index (χ1n) is 12.2. The predicted molar refractivity (Wildman–Crippen MR) is 132 cm³/mol. The van der Waals surface area contributed by atoms with Gasteiger partial charge in [0.25, 0.3) is 0 Å². The molecule has 192 valence electrons. The standard InChI is InChI=1S/C27H36O8/c1-3-5-7-9-11-20(28)18-14-16(22(30)26(34)24(18)32)13-17-15-19(25(33)27(35)23(17)31)21(29)12-10-8-6-4-2/h14-15,30-35H,3-13H2,1-2H3. The molecule has 0 saturated heterocycles. The molecule has 0 aliphatic rings. The maximum Gasteiger partial charge on any atom is 0.201 e. The summed E-state index contributed by atoms with van der Waals surface area (Å²) in [5.41, 5.74) is -0.332. The quantitative estimate of drug-likeness (QED) is 0.110. The zero-order chi connectivity index (χ0) is 26.1. The van der Waals surface area contributed by atoms with Gasteiger partial charge >= 0.3 is 0 Å². The summed E-state index contributed by atoms with van der Waals surface area (Å²) >= 11 is 0. The number of rotatable bonds is 14. The van der Waals surface area contributed by atoms with Gasteiger partial charge in [0.15, 0.2) is 34.6 Å². The first-order chi connectivity index (χ1) is 16.6. The van der Waals surface area contributed by atoms with E-state index in [4.69, 9.17) is 0 Å². The van der Waals surface area contributed by atoms with Crippen molar-refractivity contribution < 1.29 is 40.2 Å². The number of benzene rings is 2. The summed E-state index contributed by atoms with van der Waals surface area (Å²) in [7, 11) is 0. The number of aromatic hydroxyl groups is 6. The Hall–Kier alpha value is -3.42. The van der Waals surface area contributed by atoms with Gasteiger partial charge in [0.05, 0.1) is 11.1 Å². The molecule has 0 heterocycles. The van der Waals surface area contributed by atoms with Crippen molar-refractivity contribution in [2.45, 2.75) is 84.5 Å². The molecule has 0 saturated carbocycles. The zero-order valence-electron chi connectivity index (χ0n) is 20.4. The molecule has 35 heavy (non-hydrogen) atoms. The minimum Gasteiger partial charge on any atom is -0.504 e. The Labute approximate surface area is 205 Å². The van der Waals surface area contributed by atoms with Crippen LogP contribution in [0, 0.1) is 0 Å². The molecule has 0 atom stereocenters. The normalized spacial score (nSPS) is 11.0. The van der Waals surface area contributed by atoms with E-state index in [1.807, 2.05) is 13.8 Å². The molecular formula is C27H36O8. The van der Waals surface area contributed by atoms with Gasteiger partial charge in [-0.2, -0.15) is 0 Å². The third-order valence-electron chi connectivity index (χ3n) is 6.15. The van der Waals surface area contributed by atoms with E-state index in [9.17, 15) is 40.2 Å². The molecule has 0 aliphatic heterocycles. The highest BCUT2D eigenvalue weighted by atomic mass is 16.3. The zero-order valence-corrected chi connectivity index (χ0v) is 20.4. The topological polar surface area (TPSA) is 156 Å². The Morgan fingerprint density at radius 3 is 1.26 bits per heavy atom. The lowest BCUT2D eigenvalue weighted by atomic mass is 9.93. The second kappa shape index (κ2) is 12.9. The number of carbonyl (C=O) groups is 2. The lowest BCUT2D eigenvalue weighted by molar-refractivity contribution is 0.0967. The van der Waals surface area contributed by atoms with Crippen LogP contribution in [0.4, 0.5) is 0 Å².